The Morgan fingerprint density at radius 3 is 2.69 bits per heavy atom. The van der Waals surface area contributed by atoms with Gasteiger partial charge in [-0.3, -0.25) is 0 Å². The largest absolute Gasteiger partial charge is 0.331 e. The lowest BCUT2D eigenvalue weighted by Crippen LogP contribution is -2.30. The number of nitrogens with one attached hydrogen (secondary N) is 1. The van der Waals surface area contributed by atoms with Gasteiger partial charge in [0.15, 0.2) is 5.11 Å². The number of para-hydroxylation sites is 1. The standard InChI is InChI=1S/C20H16FN3S2/c21-15-7-4-6-14(12-15)17-13-18(19-10-5-11-26-19)24(23-17)20(25)22-16-8-2-1-3-9-16/h1-12,18H,13H2,(H,22,25). The van der Waals surface area contributed by atoms with E-state index in [-0.39, 0.29) is 11.9 Å². The quantitative estimate of drug-likeness (QED) is 0.613. The van der Waals surface area contributed by atoms with Gasteiger partial charge >= 0.3 is 0 Å². The van der Waals surface area contributed by atoms with Crippen LogP contribution in [0.15, 0.2) is 77.2 Å². The summed E-state index contributed by atoms with van der Waals surface area (Å²) in [5.41, 5.74) is 2.54. The van der Waals surface area contributed by atoms with Gasteiger partial charge in [0.25, 0.3) is 0 Å². The van der Waals surface area contributed by atoms with Gasteiger partial charge in [0, 0.05) is 22.5 Å². The summed E-state index contributed by atoms with van der Waals surface area (Å²) in [6.45, 7) is 0. The van der Waals surface area contributed by atoms with Gasteiger partial charge < -0.3 is 5.32 Å². The zero-order valence-corrected chi connectivity index (χ0v) is 15.4. The van der Waals surface area contributed by atoms with Crippen LogP contribution in [-0.2, 0) is 0 Å². The molecule has 2 aromatic carbocycles. The van der Waals surface area contributed by atoms with Crippen LogP contribution in [0.3, 0.4) is 0 Å². The van der Waals surface area contributed by atoms with Crippen molar-refractivity contribution in [3.8, 4) is 0 Å². The van der Waals surface area contributed by atoms with Crippen LogP contribution >= 0.6 is 23.6 Å². The van der Waals surface area contributed by atoms with Crippen LogP contribution in [0.1, 0.15) is 22.9 Å². The van der Waals surface area contributed by atoms with Crippen LogP contribution in [0.4, 0.5) is 10.1 Å². The van der Waals surface area contributed by atoms with E-state index in [1.54, 1.807) is 17.4 Å². The molecule has 0 saturated carbocycles. The molecule has 0 spiro atoms. The summed E-state index contributed by atoms with van der Waals surface area (Å²) in [7, 11) is 0. The molecule has 0 bridgehead atoms. The van der Waals surface area contributed by atoms with Gasteiger partial charge in [0.1, 0.15) is 5.82 Å². The van der Waals surface area contributed by atoms with Crippen molar-refractivity contribution in [3.05, 3.63) is 88.4 Å². The molecular weight excluding hydrogens is 365 g/mol. The predicted octanol–water partition coefficient (Wildman–Crippen LogP) is 5.44. The molecular formula is C20H16FN3S2. The zero-order chi connectivity index (χ0) is 17.9. The van der Waals surface area contributed by atoms with Crippen LogP contribution in [-0.4, -0.2) is 15.8 Å². The average Bonchev–Trinajstić information content (AvgIpc) is 3.32. The maximum Gasteiger partial charge on any atom is 0.194 e. The lowest BCUT2D eigenvalue weighted by atomic mass is 10.0. The minimum atomic E-state index is -0.263. The number of thiocarbonyl (C=S) groups is 1. The van der Waals surface area contributed by atoms with Gasteiger partial charge in [-0.25, -0.2) is 9.40 Å². The van der Waals surface area contributed by atoms with E-state index in [0.29, 0.717) is 11.5 Å². The molecule has 1 aliphatic heterocycles. The molecule has 0 fully saturated rings. The Bertz CT molecular complexity index is 939. The number of rotatable bonds is 3. The number of anilines is 1. The summed E-state index contributed by atoms with van der Waals surface area (Å²) < 4.78 is 13.6. The Hall–Kier alpha value is -2.57. The Morgan fingerprint density at radius 1 is 1.12 bits per heavy atom. The first-order chi connectivity index (χ1) is 12.7. The van der Waals surface area contributed by atoms with E-state index in [1.807, 2.05) is 52.9 Å². The first kappa shape index (κ1) is 16.9. The Morgan fingerprint density at radius 2 is 1.96 bits per heavy atom. The summed E-state index contributed by atoms with van der Waals surface area (Å²) >= 11 is 7.29. The monoisotopic (exact) mass is 381 g/mol. The average molecular weight is 382 g/mol. The topological polar surface area (TPSA) is 27.6 Å². The Balaban J connectivity index is 1.64. The smallest absolute Gasteiger partial charge is 0.194 e. The fourth-order valence-corrected chi connectivity index (χ4v) is 4.04. The second-order valence-electron chi connectivity index (χ2n) is 5.93. The minimum Gasteiger partial charge on any atom is -0.331 e. The highest BCUT2D eigenvalue weighted by atomic mass is 32.1. The van der Waals surface area contributed by atoms with Crippen LogP contribution in [0.5, 0.6) is 0 Å². The molecule has 6 heteroatoms. The lowest BCUT2D eigenvalue weighted by molar-refractivity contribution is 0.380. The fraction of sp³-hybridized carbons (Fsp3) is 0.100. The maximum absolute atomic E-state index is 13.6. The molecule has 130 valence electrons. The summed E-state index contributed by atoms with van der Waals surface area (Å²) in [4.78, 5) is 1.18. The maximum atomic E-state index is 13.6. The van der Waals surface area contributed by atoms with Crippen molar-refractivity contribution in [2.45, 2.75) is 12.5 Å². The molecule has 3 aromatic rings. The number of hydrogen-bond acceptors (Lipinski definition) is 3. The van der Waals surface area contributed by atoms with Crippen molar-refractivity contribution >= 4 is 40.1 Å². The number of benzene rings is 2. The summed E-state index contributed by atoms with van der Waals surface area (Å²) in [5.74, 6) is -0.263. The molecule has 2 heterocycles. The van der Waals surface area contributed by atoms with Gasteiger partial charge in [0.2, 0.25) is 0 Å². The van der Waals surface area contributed by atoms with Crippen molar-refractivity contribution < 1.29 is 4.39 Å². The Labute approximate surface area is 160 Å². The van der Waals surface area contributed by atoms with Crippen molar-refractivity contribution in [1.29, 1.82) is 0 Å². The van der Waals surface area contributed by atoms with Crippen molar-refractivity contribution in [1.82, 2.24) is 5.01 Å². The summed E-state index contributed by atoms with van der Waals surface area (Å²) in [6, 6.07) is 20.4. The molecule has 26 heavy (non-hydrogen) atoms. The summed E-state index contributed by atoms with van der Waals surface area (Å²) in [6.07, 6.45) is 0.681. The van der Waals surface area contributed by atoms with Crippen molar-refractivity contribution in [3.63, 3.8) is 0 Å². The normalized spacial score (nSPS) is 16.4. The highest BCUT2D eigenvalue weighted by molar-refractivity contribution is 7.80. The molecule has 3 nitrogen and oxygen atoms in total. The Kier molecular flexibility index (Phi) is 4.77. The number of halogens is 1. The van der Waals surface area contributed by atoms with Crippen LogP contribution < -0.4 is 5.32 Å². The van der Waals surface area contributed by atoms with E-state index >= 15 is 0 Å². The summed E-state index contributed by atoms with van der Waals surface area (Å²) in [5, 5.41) is 12.4. The SMILES string of the molecule is Fc1cccc(C2=NN(C(=S)Nc3ccccc3)C(c3cccs3)C2)c1. The predicted molar refractivity (Wildman–Crippen MR) is 109 cm³/mol. The van der Waals surface area contributed by atoms with Crippen LogP contribution in [0.2, 0.25) is 0 Å². The second-order valence-corrected chi connectivity index (χ2v) is 7.30. The van der Waals surface area contributed by atoms with Gasteiger partial charge in [0.05, 0.1) is 11.8 Å². The number of thiophene rings is 1. The lowest BCUT2D eigenvalue weighted by Gasteiger charge is -2.23. The molecule has 1 N–H and O–H groups in total. The minimum absolute atomic E-state index is 0.0111. The van der Waals surface area contributed by atoms with Gasteiger partial charge in [-0.05, 0) is 47.9 Å². The van der Waals surface area contributed by atoms with E-state index in [2.05, 4.69) is 11.4 Å². The highest BCUT2D eigenvalue weighted by Gasteiger charge is 2.32. The highest BCUT2D eigenvalue weighted by Crippen LogP contribution is 2.35. The van der Waals surface area contributed by atoms with Crippen molar-refractivity contribution in [2.75, 3.05) is 5.32 Å². The van der Waals surface area contributed by atoms with E-state index in [9.17, 15) is 4.39 Å². The second kappa shape index (κ2) is 7.35. The van der Waals surface area contributed by atoms with Crippen molar-refractivity contribution in [2.24, 2.45) is 5.10 Å². The number of nitrogens with zero attached hydrogens (tertiary/aromatic N) is 2. The molecule has 0 aliphatic carbocycles. The first-order valence-corrected chi connectivity index (χ1v) is 9.51. The molecule has 0 saturated heterocycles. The number of hydrazone groups is 1. The molecule has 4 rings (SSSR count). The molecule has 1 aromatic heterocycles. The fourth-order valence-electron chi connectivity index (χ4n) is 2.94. The number of hydrogen-bond donors (Lipinski definition) is 1. The van der Waals surface area contributed by atoms with E-state index in [1.165, 1.54) is 17.0 Å². The molecule has 0 radical (unpaired) electrons. The third-order valence-electron chi connectivity index (χ3n) is 4.17. The molecule has 0 amide bonds. The van der Waals surface area contributed by atoms with Gasteiger partial charge in [-0.1, -0.05) is 36.4 Å². The van der Waals surface area contributed by atoms with Crippen LogP contribution in [0.25, 0.3) is 0 Å². The first-order valence-electron chi connectivity index (χ1n) is 8.23. The van der Waals surface area contributed by atoms with Gasteiger partial charge in [-0.2, -0.15) is 5.10 Å². The van der Waals surface area contributed by atoms with Crippen LogP contribution in [0, 0.1) is 5.82 Å². The molecule has 1 unspecified atom stereocenters. The van der Waals surface area contributed by atoms with E-state index in [0.717, 1.165) is 17.0 Å². The third kappa shape index (κ3) is 3.52. The zero-order valence-electron chi connectivity index (χ0n) is 13.8. The third-order valence-corrected chi connectivity index (χ3v) is 5.44. The van der Waals surface area contributed by atoms with E-state index in [4.69, 9.17) is 17.3 Å². The van der Waals surface area contributed by atoms with Gasteiger partial charge in [-0.15, -0.1) is 11.3 Å². The molecule has 1 atom stereocenters. The van der Waals surface area contributed by atoms with E-state index < -0.39 is 0 Å². The molecule has 1 aliphatic rings.